The number of nitrogens with two attached hydrogens (primary N) is 1. The van der Waals surface area contributed by atoms with Crippen LogP contribution < -0.4 is 11.1 Å². The standard InChI is InChI=1S/C9H9N3S2/c1-5-11-7-4-6(12-9(10)13)2-3-8(7)14-5/h2-4H,1H3,(H3,10,12,13). The Morgan fingerprint density at radius 3 is 3.07 bits per heavy atom. The van der Waals surface area contributed by atoms with Gasteiger partial charge in [-0.2, -0.15) is 0 Å². The van der Waals surface area contributed by atoms with Crippen LogP contribution in [0.15, 0.2) is 18.2 Å². The molecule has 3 N–H and O–H groups in total. The van der Waals surface area contributed by atoms with Gasteiger partial charge in [0.05, 0.1) is 15.2 Å². The summed E-state index contributed by atoms with van der Waals surface area (Å²) in [5.41, 5.74) is 7.24. The van der Waals surface area contributed by atoms with E-state index in [0.29, 0.717) is 0 Å². The van der Waals surface area contributed by atoms with E-state index in [4.69, 9.17) is 18.0 Å². The van der Waals surface area contributed by atoms with Crippen molar-refractivity contribution in [1.82, 2.24) is 4.98 Å². The molecule has 2 rings (SSSR count). The van der Waals surface area contributed by atoms with E-state index in [2.05, 4.69) is 10.3 Å². The molecule has 72 valence electrons. The number of fused-ring (bicyclic) bond motifs is 1. The van der Waals surface area contributed by atoms with Crippen molar-refractivity contribution in [2.75, 3.05) is 5.32 Å². The molecule has 3 nitrogen and oxygen atoms in total. The second-order valence-corrected chi connectivity index (χ2v) is 4.58. The van der Waals surface area contributed by atoms with Crippen molar-refractivity contribution in [3.63, 3.8) is 0 Å². The fourth-order valence-corrected chi connectivity index (χ4v) is 2.19. The zero-order valence-corrected chi connectivity index (χ0v) is 9.21. The average molecular weight is 223 g/mol. The smallest absolute Gasteiger partial charge is 0.168 e. The predicted molar refractivity (Wildman–Crippen MR) is 64.8 cm³/mol. The first-order valence-corrected chi connectivity index (χ1v) is 5.31. The lowest BCUT2D eigenvalue weighted by Crippen LogP contribution is -2.18. The summed E-state index contributed by atoms with van der Waals surface area (Å²) in [6.07, 6.45) is 0. The van der Waals surface area contributed by atoms with Gasteiger partial charge >= 0.3 is 0 Å². The molecule has 1 aromatic carbocycles. The van der Waals surface area contributed by atoms with Crippen LogP contribution in [0, 0.1) is 6.92 Å². The molecule has 0 aliphatic carbocycles. The molecule has 0 unspecified atom stereocenters. The Bertz CT molecular complexity index is 490. The zero-order chi connectivity index (χ0) is 10.1. The van der Waals surface area contributed by atoms with Gasteiger partial charge in [0, 0.05) is 5.69 Å². The molecule has 0 atom stereocenters. The van der Waals surface area contributed by atoms with Crippen molar-refractivity contribution in [1.29, 1.82) is 0 Å². The fourth-order valence-electron chi connectivity index (χ4n) is 1.26. The summed E-state index contributed by atoms with van der Waals surface area (Å²) in [7, 11) is 0. The van der Waals surface area contributed by atoms with E-state index >= 15 is 0 Å². The first-order chi connectivity index (χ1) is 6.65. The number of nitrogens with one attached hydrogen (secondary N) is 1. The molecule has 1 heterocycles. The highest BCUT2D eigenvalue weighted by Gasteiger charge is 2.01. The highest BCUT2D eigenvalue weighted by molar-refractivity contribution is 7.80. The third kappa shape index (κ3) is 1.83. The number of aromatic nitrogens is 1. The maximum atomic E-state index is 5.38. The minimum absolute atomic E-state index is 0.274. The van der Waals surface area contributed by atoms with Crippen LogP contribution in [0.3, 0.4) is 0 Å². The van der Waals surface area contributed by atoms with Gasteiger partial charge in [0.25, 0.3) is 0 Å². The van der Waals surface area contributed by atoms with Crippen LogP contribution in [0.25, 0.3) is 10.2 Å². The summed E-state index contributed by atoms with van der Waals surface area (Å²) >= 11 is 6.43. The van der Waals surface area contributed by atoms with E-state index in [1.807, 2.05) is 25.1 Å². The number of hydrogen-bond donors (Lipinski definition) is 2. The monoisotopic (exact) mass is 223 g/mol. The Hall–Kier alpha value is -1.20. The van der Waals surface area contributed by atoms with E-state index < -0.39 is 0 Å². The Morgan fingerprint density at radius 2 is 2.36 bits per heavy atom. The SMILES string of the molecule is Cc1nc2cc(NC(N)=S)ccc2s1. The number of thiocarbonyl (C=S) groups is 1. The van der Waals surface area contributed by atoms with Crippen LogP contribution in [0.2, 0.25) is 0 Å². The number of benzene rings is 1. The van der Waals surface area contributed by atoms with Crippen LogP contribution in [-0.2, 0) is 0 Å². The second kappa shape index (κ2) is 3.51. The molecule has 5 heteroatoms. The van der Waals surface area contributed by atoms with E-state index in [0.717, 1.165) is 16.2 Å². The predicted octanol–water partition coefficient (Wildman–Crippen LogP) is 2.26. The van der Waals surface area contributed by atoms with Crippen molar-refractivity contribution < 1.29 is 0 Å². The normalized spacial score (nSPS) is 10.4. The molecule has 0 bridgehead atoms. The Balaban J connectivity index is 2.45. The van der Waals surface area contributed by atoms with Crippen molar-refractivity contribution in [3.05, 3.63) is 23.2 Å². The average Bonchev–Trinajstić information content (AvgIpc) is 2.42. The summed E-state index contributed by atoms with van der Waals surface area (Å²) < 4.78 is 1.18. The number of nitrogens with zero attached hydrogens (tertiary/aromatic N) is 1. The lowest BCUT2D eigenvalue weighted by Gasteiger charge is -2.01. The quantitative estimate of drug-likeness (QED) is 0.728. The van der Waals surface area contributed by atoms with Crippen LogP contribution in [0.4, 0.5) is 5.69 Å². The third-order valence-electron chi connectivity index (χ3n) is 1.76. The zero-order valence-electron chi connectivity index (χ0n) is 7.57. The molecule has 14 heavy (non-hydrogen) atoms. The van der Waals surface area contributed by atoms with Gasteiger partial charge < -0.3 is 11.1 Å². The Morgan fingerprint density at radius 1 is 1.57 bits per heavy atom. The van der Waals surface area contributed by atoms with E-state index in [9.17, 15) is 0 Å². The lowest BCUT2D eigenvalue weighted by atomic mass is 10.3. The summed E-state index contributed by atoms with van der Waals surface area (Å²) in [4.78, 5) is 4.38. The first-order valence-electron chi connectivity index (χ1n) is 4.09. The maximum Gasteiger partial charge on any atom is 0.168 e. The number of aryl methyl sites for hydroxylation is 1. The Labute approximate surface area is 91.0 Å². The molecule has 0 fully saturated rings. The van der Waals surface area contributed by atoms with Gasteiger partial charge in [0.1, 0.15) is 0 Å². The number of anilines is 1. The summed E-state index contributed by atoms with van der Waals surface area (Å²) in [5, 5.41) is 4.22. The first kappa shape index (κ1) is 9.36. The minimum Gasteiger partial charge on any atom is -0.376 e. The third-order valence-corrected chi connectivity index (χ3v) is 2.82. The van der Waals surface area contributed by atoms with Gasteiger partial charge in [-0.15, -0.1) is 11.3 Å². The van der Waals surface area contributed by atoms with Crippen LogP contribution >= 0.6 is 23.6 Å². The molecule has 0 aliphatic heterocycles. The molecule has 0 radical (unpaired) electrons. The van der Waals surface area contributed by atoms with Gasteiger partial charge in [-0.3, -0.25) is 0 Å². The van der Waals surface area contributed by atoms with E-state index in [-0.39, 0.29) is 5.11 Å². The van der Waals surface area contributed by atoms with E-state index in [1.54, 1.807) is 11.3 Å². The highest BCUT2D eigenvalue weighted by Crippen LogP contribution is 2.24. The number of hydrogen-bond acceptors (Lipinski definition) is 3. The van der Waals surface area contributed by atoms with Crippen LogP contribution in [0.5, 0.6) is 0 Å². The van der Waals surface area contributed by atoms with Crippen molar-refractivity contribution in [2.24, 2.45) is 5.73 Å². The van der Waals surface area contributed by atoms with Crippen molar-refractivity contribution in [2.45, 2.75) is 6.92 Å². The molecule has 0 saturated carbocycles. The molecule has 0 aliphatic rings. The lowest BCUT2D eigenvalue weighted by molar-refractivity contribution is 1.35. The van der Waals surface area contributed by atoms with Crippen molar-refractivity contribution in [3.8, 4) is 0 Å². The van der Waals surface area contributed by atoms with Crippen molar-refractivity contribution >= 4 is 44.6 Å². The summed E-state index contributed by atoms with van der Waals surface area (Å²) in [6, 6.07) is 5.90. The minimum atomic E-state index is 0.274. The molecule has 0 amide bonds. The molecule has 1 aromatic heterocycles. The van der Waals surface area contributed by atoms with Gasteiger partial charge in [0.15, 0.2) is 5.11 Å². The van der Waals surface area contributed by atoms with Gasteiger partial charge in [-0.05, 0) is 37.3 Å². The van der Waals surface area contributed by atoms with Crippen LogP contribution in [-0.4, -0.2) is 10.1 Å². The molecule has 2 aromatic rings. The van der Waals surface area contributed by atoms with Crippen LogP contribution in [0.1, 0.15) is 5.01 Å². The number of thiazole rings is 1. The number of rotatable bonds is 1. The van der Waals surface area contributed by atoms with Gasteiger partial charge in [-0.25, -0.2) is 4.98 Å². The summed E-state index contributed by atoms with van der Waals surface area (Å²) in [6.45, 7) is 1.99. The topological polar surface area (TPSA) is 50.9 Å². The molecule has 0 saturated heterocycles. The fraction of sp³-hybridized carbons (Fsp3) is 0.111. The van der Waals surface area contributed by atoms with Gasteiger partial charge in [0.2, 0.25) is 0 Å². The van der Waals surface area contributed by atoms with E-state index in [1.165, 1.54) is 4.70 Å². The summed E-state index contributed by atoms with van der Waals surface area (Å²) in [5.74, 6) is 0. The molecule has 0 spiro atoms. The largest absolute Gasteiger partial charge is 0.376 e. The maximum absolute atomic E-state index is 5.38. The Kier molecular flexibility index (Phi) is 2.35. The second-order valence-electron chi connectivity index (χ2n) is 2.90. The highest BCUT2D eigenvalue weighted by atomic mass is 32.1. The molecular weight excluding hydrogens is 214 g/mol. The molecular formula is C9H9N3S2. The van der Waals surface area contributed by atoms with Gasteiger partial charge in [-0.1, -0.05) is 0 Å².